The van der Waals surface area contributed by atoms with Gasteiger partial charge in [0.15, 0.2) is 5.65 Å². The monoisotopic (exact) mass is 365 g/mol. The quantitative estimate of drug-likeness (QED) is 0.690. The van der Waals surface area contributed by atoms with Crippen molar-refractivity contribution in [2.24, 2.45) is 0 Å². The highest BCUT2D eigenvalue weighted by Gasteiger charge is 2.09. The van der Waals surface area contributed by atoms with Crippen LogP contribution >= 0.6 is 31.9 Å². The molecular formula is C13H9Br2N3. The van der Waals surface area contributed by atoms with Gasteiger partial charge in [0, 0.05) is 20.7 Å². The maximum atomic E-state index is 4.50. The molecular weight excluding hydrogens is 358 g/mol. The summed E-state index contributed by atoms with van der Waals surface area (Å²) in [4.78, 5) is 12.0. The third kappa shape index (κ3) is 2.08. The number of aryl methyl sites for hydroxylation is 1. The largest absolute Gasteiger partial charge is 0.337 e. The summed E-state index contributed by atoms with van der Waals surface area (Å²) in [6.07, 6.45) is 1.75. The van der Waals surface area contributed by atoms with Crippen molar-refractivity contribution in [3.63, 3.8) is 0 Å². The maximum absolute atomic E-state index is 4.50. The normalized spacial score (nSPS) is 11.1. The minimum atomic E-state index is 0.723. The topological polar surface area (TPSA) is 41.6 Å². The summed E-state index contributed by atoms with van der Waals surface area (Å²) in [6.45, 7) is 2.06. The number of pyridine rings is 1. The Balaban J connectivity index is 2.19. The number of imidazole rings is 1. The van der Waals surface area contributed by atoms with Gasteiger partial charge in [-0.25, -0.2) is 9.97 Å². The van der Waals surface area contributed by atoms with Crippen LogP contribution in [0.15, 0.2) is 39.4 Å². The number of hydrogen-bond donors (Lipinski definition) is 1. The molecule has 3 nitrogen and oxygen atoms in total. The average Bonchev–Trinajstić information content (AvgIpc) is 2.71. The first-order chi connectivity index (χ1) is 8.63. The summed E-state index contributed by atoms with van der Waals surface area (Å²) in [5.74, 6) is 0.822. The fraction of sp³-hybridized carbons (Fsp3) is 0.0769. The van der Waals surface area contributed by atoms with Crippen molar-refractivity contribution in [1.82, 2.24) is 15.0 Å². The van der Waals surface area contributed by atoms with Crippen LogP contribution in [0.3, 0.4) is 0 Å². The molecule has 0 fully saturated rings. The van der Waals surface area contributed by atoms with Gasteiger partial charge in [0.2, 0.25) is 0 Å². The number of benzene rings is 1. The number of halogens is 2. The third-order valence-corrected chi connectivity index (χ3v) is 3.77. The molecule has 90 valence electrons. The highest BCUT2D eigenvalue weighted by molar-refractivity contribution is 9.10. The molecule has 3 rings (SSSR count). The lowest BCUT2D eigenvalue weighted by atomic mass is 10.1. The second kappa shape index (κ2) is 4.48. The van der Waals surface area contributed by atoms with Crippen molar-refractivity contribution in [3.05, 3.63) is 45.0 Å². The zero-order chi connectivity index (χ0) is 12.7. The van der Waals surface area contributed by atoms with Crippen molar-refractivity contribution in [1.29, 1.82) is 0 Å². The van der Waals surface area contributed by atoms with Gasteiger partial charge in [-0.3, -0.25) is 0 Å². The standard InChI is InChI=1S/C13H9Br2N3/c1-7-2-3-9(10(15)4-7)12-17-11-5-8(14)6-16-13(11)18-12/h2-6H,1H3,(H,16,17,18). The maximum Gasteiger partial charge on any atom is 0.178 e. The van der Waals surface area contributed by atoms with E-state index in [4.69, 9.17) is 0 Å². The van der Waals surface area contributed by atoms with Crippen molar-refractivity contribution in [2.75, 3.05) is 0 Å². The molecule has 0 spiro atoms. The molecule has 3 aromatic rings. The summed E-state index contributed by atoms with van der Waals surface area (Å²) in [5.41, 5.74) is 3.89. The number of aromatic amines is 1. The Morgan fingerprint density at radius 2 is 2.00 bits per heavy atom. The van der Waals surface area contributed by atoms with Crippen molar-refractivity contribution < 1.29 is 0 Å². The van der Waals surface area contributed by atoms with Gasteiger partial charge in [0.1, 0.15) is 5.82 Å². The highest BCUT2D eigenvalue weighted by atomic mass is 79.9. The number of nitrogens with one attached hydrogen (secondary N) is 1. The van der Waals surface area contributed by atoms with Crippen LogP contribution in [0.4, 0.5) is 0 Å². The molecule has 0 radical (unpaired) electrons. The van der Waals surface area contributed by atoms with E-state index in [2.05, 4.69) is 65.9 Å². The van der Waals surface area contributed by atoms with Crippen LogP contribution in [0.1, 0.15) is 5.56 Å². The second-order valence-corrected chi connectivity index (χ2v) is 5.86. The fourth-order valence-electron chi connectivity index (χ4n) is 1.81. The van der Waals surface area contributed by atoms with Crippen molar-refractivity contribution in [2.45, 2.75) is 6.92 Å². The highest BCUT2D eigenvalue weighted by Crippen LogP contribution is 2.28. The summed E-state index contributed by atoms with van der Waals surface area (Å²) in [6, 6.07) is 8.16. The molecule has 0 amide bonds. The number of fused-ring (bicyclic) bond motifs is 1. The minimum absolute atomic E-state index is 0.723. The summed E-state index contributed by atoms with van der Waals surface area (Å²) in [5, 5.41) is 0. The molecule has 2 aromatic heterocycles. The molecule has 0 saturated carbocycles. The zero-order valence-electron chi connectivity index (χ0n) is 9.54. The Labute approximate surface area is 121 Å². The SMILES string of the molecule is Cc1ccc(-c2nc3ncc(Br)cc3[nH]2)c(Br)c1. The summed E-state index contributed by atoms with van der Waals surface area (Å²) < 4.78 is 1.97. The number of rotatable bonds is 1. The van der Waals surface area contributed by atoms with Gasteiger partial charge >= 0.3 is 0 Å². The molecule has 2 heterocycles. The van der Waals surface area contributed by atoms with E-state index in [1.165, 1.54) is 5.56 Å². The minimum Gasteiger partial charge on any atom is -0.337 e. The average molecular weight is 367 g/mol. The van der Waals surface area contributed by atoms with Crippen molar-refractivity contribution >= 4 is 43.0 Å². The lowest BCUT2D eigenvalue weighted by Crippen LogP contribution is -1.83. The van der Waals surface area contributed by atoms with E-state index in [-0.39, 0.29) is 0 Å². The van der Waals surface area contributed by atoms with E-state index < -0.39 is 0 Å². The Kier molecular flexibility index (Phi) is 2.95. The first kappa shape index (κ1) is 11.9. The number of hydrogen-bond acceptors (Lipinski definition) is 2. The molecule has 0 saturated heterocycles. The van der Waals surface area contributed by atoms with Crippen LogP contribution < -0.4 is 0 Å². The van der Waals surface area contributed by atoms with E-state index in [0.717, 1.165) is 31.5 Å². The van der Waals surface area contributed by atoms with E-state index in [1.54, 1.807) is 6.20 Å². The van der Waals surface area contributed by atoms with Crippen LogP contribution in [-0.2, 0) is 0 Å². The summed E-state index contributed by atoms with van der Waals surface area (Å²) >= 11 is 6.97. The molecule has 0 aliphatic rings. The van der Waals surface area contributed by atoms with Gasteiger partial charge < -0.3 is 4.98 Å². The fourth-order valence-corrected chi connectivity index (χ4v) is 2.83. The van der Waals surface area contributed by atoms with Crippen LogP contribution in [0.25, 0.3) is 22.6 Å². The smallest absolute Gasteiger partial charge is 0.178 e. The van der Waals surface area contributed by atoms with Crippen LogP contribution in [0, 0.1) is 6.92 Å². The first-order valence-corrected chi connectivity index (χ1v) is 7.00. The molecule has 1 N–H and O–H groups in total. The van der Waals surface area contributed by atoms with Gasteiger partial charge in [-0.1, -0.05) is 22.0 Å². The number of nitrogens with zero attached hydrogens (tertiary/aromatic N) is 2. The first-order valence-electron chi connectivity index (χ1n) is 5.41. The lowest BCUT2D eigenvalue weighted by Gasteiger charge is -2.01. The Morgan fingerprint density at radius 1 is 1.17 bits per heavy atom. The molecule has 0 aliphatic heterocycles. The predicted octanol–water partition coefficient (Wildman–Crippen LogP) is 4.46. The van der Waals surface area contributed by atoms with Gasteiger partial charge in [-0.2, -0.15) is 0 Å². The van der Waals surface area contributed by atoms with Crippen LogP contribution in [0.2, 0.25) is 0 Å². The van der Waals surface area contributed by atoms with Crippen molar-refractivity contribution in [3.8, 4) is 11.4 Å². The molecule has 5 heteroatoms. The Morgan fingerprint density at radius 3 is 2.78 bits per heavy atom. The van der Waals surface area contributed by atoms with Crippen LogP contribution in [0.5, 0.6) is 0 Å². The Hall–Kier alpha value is -1.20. The zero-order valence-corrected chi connectivity index (χ0v) is 12.7. The molecule has 0 bridgehead atoms. The predicted molar refractivity (Wildman–Crippen MR) is 79.5 cm³/mol. The molecule has 1 aromatic carbocycles. The molecule has 0 unspecified atom stereocenters. The van der Waals surface area contributed by atoms with Crippen LogP contribution in [-0.4, -0.2) is 15.0 Å². The molecule has 0 atom stereocenters. The molecule has 18 heavy (non-hydrogen) atoms. The van der Waals surface area contributed by atoms with E-state index in [9.17, 15) is 0 Å². The molecule has 0 aliphatic carbocycles. The lowest BCUT2D eigenvalue weighted by molar-refractivity contribution is 1.29. The van der Waals surface area contributed by atoms with E-state index >= 15 is 0 Å². The number of H-pyrrole nitrogens is 1. The Bertz CT molecular complexity index is 734. The van der Waals surface area contributed by atoms with Gasteiger partial charge in [-0.05, 0) is 46.6 Å². The van der Waals surface area contributed by atoms with Gasteiger partial charge in [0.05, 0.1) is 5.52 Å². The number of aromatic nitrogens is 3. The summed E-state index contributed by atoms with van der Waals surface area (Å²) in [7, 11) is 0. The second-order valence-electron chi connectivity index (χ2n) is 4.09. The third-order valence-electron chi connectivity index (χ3n) is 2.68. The van der Waals surface area contributed by atoms with E-state index in [1.807, 2.05) is 12.1 Å². The van der Waals surface area contributed by atoms with Gasteiger partial charge in [0.25, 0.3) is 0 Å². The van der Waals surface area contributed by atoms with Gasteiger partial charge in [-0.15, -0.1) is 0 Å². The van der Waals surface area contributed by atoms with E-state index in [0.29, 0.717) is 0 Å².